The van der Waals surface area contributed by atoms with E-state index < -0.39 is 61.4 Å². The zero-order valence-corrected chi connectivity index (χ0v) is 38.1. The molecule has 1 atom stereocenters. The van der Waals surface area contributed by atoms with Crippen LogP contribution in [0.3, 0.4) is 0 Å². The maximum atomic E-state index is 14.1. The van der Waals surface area contributed by atoms with Crippen LogP contribution in [-0.4, -0.2) is 122 Å². The fourth-order valence-electron chi connectivity index (χ4n) is 7.77. The van der Waals surface area contributed by atoms with Crippen molar-refractivity contribution < 1.29 is 73.3 Å². The highest BCUT2D eigenvalue weighted by molar-refractivity contribution is 7.85. The van der Waals surface area contributed by atoms with Crippen molar-refractivity contribution >= 4 is 77.6 Å². The number of pyridine rings is 1. The molecule has 350 valence electrons. The predicted molar refractivity (Wildman–Crippen MR) is 233 cm³/mol. The van der Waals surface area contributed by atoms with Gasteiger partial charge in [0.2, 0.25) is 16.9 Å². The summed E-state index contributed by atoms with van der Waals surface area (Å²) in [5.41, 5.74) is 2.94. The molecule has 4 amide bonds. The molecule has 1 aliphatic heterocycles. The van der Waals surface area contributed by atoms with Gasteiger partial charge in [-0.1, -0.05) is 24.3 Å². The summed E-state index contributed by atoms with van der Waals surface area (Å²) in [6.45, 7) is 4.89. The number of para-hydroxylation sites is 2. The molecule has 0 aliphatic carbocycles. The monoisotopic (exact) mass is 939 g/mol. The van der Waals surface area contributed by atoms with Gasteiger partial charge in [0, 0.05) is 81.5 Å². The van der Waals surface area contributed by atoms with E-state index in [2.05, 4.69) is 10.6 Å². The number of hydrogen-bond donors (Lipinski definition) is 2. The lowest BCUT2D eigenvalue weighted by Crippen LogP contribution is -2.49. The molecule has 0 saturated carbocycles. The molecule has 4 aromatic rings. The molecule has 1 saturated heterocycles. The Bertz CT molecular complexity index is 2610. The average molecular weight is 940 g/mol. The highest BCUT2D eigenvalue weighted by Gasteiger charge is 2.33. The summed E-state index contributed by atoms with van der Waals surface area (Å²) >= 11 is 0. The third-order valence-corrected chi connectivity index (χ3v) is 12.5. The molecule has 65 heavy (non-hydrogen) atoms. The van der Waals surface area contributed by atoms with Gasteiger partial charge < -0.3 is 33.8 Å². The zero-order chi connectivity index (χ0) is 47.5. The lowest BCUT2D eigenvalue weighted by Gasteiger charge is -2.35. The van der Waals surface area contributed by atoms with Crippen LogP contribution in [-0.2, 0) is 50.8 Å². The van der Waals surface area contributed by atoms with E-state index in [-0.39, 0.29) is 80.8 Å². The second-order valence-electron chi connectivity index (χ2n) is 16.3. The molecule has 0 spiro atoms. The van der Waals surface area contributed by atoms with Gasteiger partial charge in [-0.25, -0.2) is 26.4 Å². The maximum Gasteiger partial charge on any atom is 0.345 e. The Morgan fingerprint density at radius 1 is 0.738 bits per heavy atom. The van der Waals surface area contributed by atoms with Crippen LogP contribution in [0.25, 0.3) is 21.8 Å². The van der Waals surface area contributed by atoms with Gasteiger partial charge in [0.1, 0.15) is 15.9 Å². The number of carbonyl (C=O) groups excluding carboxylic acids is 6. The van der Waals surface area contributed by atoms with Gasteiger partial charge in [0.15, 0.2) is 6.54 Å². The molecule has 19 nitrogen and oxygen atoms in total. The van der Waals surface area contributed by atoms with E-state index in [9.17, 15) is 54.7 Å². The molecule has 2 heterocycles. The molecule has 0 bridgehead atoms. The lowest BCUT2D eigenvalue weighted by atomic mass is 10.0. The molecule has 3 aromatic carbocycles. The summed E-state index contributed by atoms with van der Waals surface area (Å²) < 4.78 is 76.7. The van der Waals surface area contributed by atoms with Crippen LogP contribution >= 0.6 is 0 Å². The quantitative estimate of drug-likeness (QED) is 0.0158. The molecule has 0 radical (unpaired) electrons. The van der Waals surface area contributed by atoms with Crippen LogP contribution in [0.1, 0.15) is 83.2 Å². The third kappa shape index (κ3) is 14.3. The van der Waals surface area contributed by atoms with Crippen LogP contribution in [0.4, 0.5) is 0 Å². The van der Waals surface area contributed by atoms with Crippen molar-refractivity contribution in [2.24, 2.45) is 0 Å². The molecule has 2 N–H and O–H groups in total. The minimum Gasteiger partial charge on any atom is -0.748 e. The van der Waals surface area contributed by atoms with Crippen LogP contribution in [0.15, 0.2) is 60.7 Å². The van der Waals surface area contributed by atoms with E-state index in [0.717, 1.165) is 0 Å². The Morgan fingerprint density at radius 2 is 1.28 bits per heavy atom. The number of nitrogens with zero attached hydrogens (tertiary/aromatic N) is 3. The number of ether oxygens (including phenoxy) is 1. The smallest absolute Gasteiger partial charge is 0.345 e. The Balaban J connectivity index is 1.15. The molecular formula is C44H53N5O14S2. The van der Waals surface area contributed by atoms with Crippen molar-refractivity contribution in [1.82, 2.24) is 15.7 Å². The number of rotatable bonds is 23. The predicted octanol–water partition coefficient (Wildman–Crippen LogP) is 2.45. The normalized spacial score (nSPS) is 14.1. The maximum absolute atomic E-state index is 14.1. The van der Waals surface area contributed by atoms with Crippen molar-refractivity contribution in [2.45, 2.75) is 71.8 Å². The average Bonchev–Trinajstić information content (AvgIpc) is 3.55. The van der Waals surface area contributed by atoms with Gasteiger partial charge in [0.05, 0.1) is 58.9 Å². The van der Waals surface area contributed by atoms with E-state index in [1.54, 1.807) is 81.6 Å². The van der Waals surface area contributed by atoms with E-state index in [4.69, 9.17) is 9.57 Å². The SMILES string of the molecule is Cc1cc(C(=O)NCCC[N+](C)(CCCNC(=O)CCCC(=O)ON2C(=O)CCC2=O)CCS(=O)(=O)[O-])cc(C)c1OC(=O)c1c2ccccc2[n+](CCCS(=O)(=O)[O-])c2ccccc12. The Hall–Kier alpha value is -5.87. The number of hydrogen-bond acceptors (Lipinski definition) is 14. The summed E-state index contributed by atoms with van der Waals surface area (Å²) in [6.07, 6.45) is 0.793. The Labute approximate surface area is 377 Å². The van der Waals surface area contributed by atoms with Crippen molar-refractivity contribution in [3.8, 4) is 5.75 Å². The summed E-state index contributed by atoms with van der Waals surface area (Å²) in [6, 6.07) is 17.5. The van der Waals surface area contributed by atoms with Crippen LogP contribution in [0.5, 0.6) is 5.75 Å². The van der Waals surface area contributed by atoms with Gasteiger partial charge in [-0.05, 0) is 55.7 Å². The first-order valence-electron chi connectivity index (χ1n) is 21.1. The van der Waals surface area contributed by atoms with Gasteiger partial charge in [-0.2, -0.15) is 4.57 Å². The number of amides is 4. The minimum atomic E-state index is -4.52. The number of benzene rings is 3. The van der Waals surface area contributed by atoms with Crippen LogP contribution in [0, 0.1) is 13.8 Å². The number of hydroxylamine groups is 2. The first kappa shape index (κ1) is 50.1. The fourth-order valence-corrected chi connectivity index (χ4v) is 8.92. The van der Waals surface area contributed by atoms with E-state index in [0.29, 0.717) is 75.1 Å². The molecular weight excluding hydrogens is 887 g/mol. The number of imide groups is 1. The number of carbonyl (C=O) groups is 6. The molecule has 5 rings (SSSR count). The summed E-state index contributed by atoms with van der Waals surface area (Å²) in [7, 11) is -7.15. The van der Waals surface area contributed by atoms with Crippen LogP contribution in [0.2, 0.25) is 0 Å². The van der Waals surface area contributed by atoms with Crippen molar-refractivity contribution in [3.05, 3.63) is 82.9 Å². The van der Waals surface area contributed by atoms with Crippen molar-refractivity contribution in [2.75, 3.05) is 51.3 Å². The zero-order valence-electron chi connectivity index (χ0n) is 36.5. The van der Waals surface area contributed by atoms with Gasteiger partial charge in [0.25, 0.3) is 17.7 Å². The molecule has 1 unspecified atom stereocenters. The number of aromatic nitrogens is 1. The largest absolute Gasteiger partial charge is 0.748 e. The first-order valence-corrected chi connectivity index (χ1v) is 24.3. The standard InChI is InChI=1S/C44H53N5O14S2/c1-30-28-32(29-31(2)42(30)62-44(55)41-33-12-4-6-14-35(33)47(22-11-26-64(56,57)58)36-15-7-5-13-34(36)41)43(54)46-21-10-24-49(3,25-27-65(59,60)61)23-9-20-45-37(50)16-8-17-40(53)63-48-38(51)18-19-39(48)52/h4-7,12-15,28-29H,8-11,16-27H2,1-3H3,(H2-2,45,46,50,54,56,57,58,59,60,61). The first-order chi connectivity index (χ1) is 30.6. The number of quaternary nitrogens is 1. The topological polar surface area (TPSA) is 266 Å². The van der Waals surface area contributed by atoms with Gasteiger partial charge >= 0.3 is 11.9 Å². The molecule has 1 aliphatic rings. The summed E-state index contributed by atoms with van der Waals surface area (Å²) in [4.78, 5) is 79.8. The van der Waals surface area contributed by atoms with Crippen LogP contribution < -0.4 is 19.9 Å². The van der Waals surface area contributed by atoms with E-state index >= 15 is 0 Å². The van der Waals surface area contributed by atoms with Crippen molar-refractivity contribution in [3.63, 3.8) is 0 Å². The van der Waals surface area contributed by atoms with E-state index in [1.807, 2.05) is 4.57 Å². The summed E-state index contributed by atoms with van der Waals surface area (Å²) in [5, 5.41) is 7.18. The van der Waals surface area contributed by atoms with Crippen molar-refractivity contribution in [1.29, 1.82) is 0 Å². The Morgan fingerprint density at radius 3 is 1.83 bits per heavy atom. The lowest BCUT2D eigenvalue weighted by molar-refractivity contribution is -0.907. The molecule has 1 fully saturated rings. The van der Waals surface area contributed by atoms with Gasteiger partial charge in [-0.3, -0.25) is 19.2 Å². The Kier molecular flexibility index (Phi) is 16.9. The third-order valence-electron chi connectivity index (χ3n) is 11.0. The number of nitrogens with one attached hydrogen (secondary N) is 2. The van der Waals surface area contributed by atoms with E-state index in [1.165, 1.54) is 0 Å². The number of esters is 1. The highest BCUT2D eigenvalue weighted by atomic mass is 32.2. The molecule has 1 aromatic heterocycles. The second-order valence-corrected chi connectivity index (χ2v) is 19.3. The minimum absolute atomic E-state index is 0.0139. The highest BCUT2D eigenvalue weighted by Crippen LogP contribution is 2.30. The second kappa shape index (κ2) is 21.9. The molecule has 21 heteroatoms. The van der Waals surface area contributed by atoms with Gasteiger partial charge in [-0.15, -0.1) is 5.06 Å². The number of fused-ring (bicyclic) bond motifs is 2. The number of aryl methyl sites for hydroxylation is 3. The summed E-state index contributed by atoms with van der Waals surface area (Å²) in [5.74, 6) is -4.25. The fraction of sp³-hybridized carbons (Fsp3) is 0.432.